The van der Waals surface area contributed by atoms with E-state index in [4.69, 9.17) is 9.72 Å². The van der Waals surface area contributed by atoms with Crippen LogP contribution in [0.5, 0.6) is 0 Å². The Morgan fingerprint density at radius 3 is 2.72 bits per heavy atom. The molecule has 4 heterocycles. The van der Waals surface area contributed by atoms with E-state index in [9.17, 15) is 14.7 Å². The van der Waals surface area contributed by atoms with E-state index >= 15 is 0 Å². The molecular weight excluding hydrogens is 420 g/mol. The molecule has 1 atom stereocenters. The Bertz CT molecular complexity index is 1340. The fourth-order valence-corrected chi connectivity index (χ4v) is 5.81. The first-order valence-electron chi connectivity index (χ1n) is 11.2. The summed E-state index contributed by atoms with van der Waals surface area (Å²) in [6.07, 6.45) is 1.16. The van der Waals surface area contributed by atoms with Gasteiger partial charge in [0.15, 0.2) is 5.60 Å². The lowest BCUT2D eigenvalue weighted by molar-refractivity contribution is -0.172. The van der Waals surface area contributed by atoms with Crippen LogP contribution in [-0.4, -0.2) is 28.7 Å². The van der Waals surface area contributed by atoms with E-state index in [-0.39, 0.29) is 18.6 Å². The first-order chi connectivity index (χ1) is 15.1. The van der Waals surface area contributed by atoms with E-state index in [0.29, 0.717) is 23.4 Å². The number of rotatable bonds is 4. The van der Waals surface area contributed by atoms with Gasteiger partial charge < -0.3 is 14.4 Å². The van der Waals surface area contributed by atoms with Crippen molar-refractivity contribution in [3.63, 3.8) is 0 Å². The van der Waals surface area contributed by atoms with Crippen LogP contribution in [0.1, 0.15) is 35.6 Å². The number of ether oxygens (including phenoxy) is 1. The Kier molecular flexibility index (Phi) is 4.69. The van der Waals surface area contributed by atoms with Crippen molar-refractivity contribution in [1.82, 2.24) is 9.55 Å². The minimum atomic E-state index is -1.80. The van der Waals surface area contributed by atoms with Crippen LogP contribution in [0.2, 0.25) is 25.7 Å². The summed E-state index contributed by atoms with van der Waals surface area (Å²) in [4.78, 5) is 30.6. The van der Waals surface area contributed by atoms with Crippen molar-refractivity contribution in [3.8, 4) is 11.4 Å². The Morgan fingerprint density at radius 2 is 2.00 bits per heavy atom. The third-order valence-electron chi connectivity index (χ3n) is 6.79. The van der Waals surface area contributed by atoms with Gasteiger partial charge in [0.1, 0.15) is 6.61 Å². The van der Waals surface area contributed by atoms with Gasteiger partial charge in [-0.05, 0) is 36.6 Å². The van der Waals surface area contributed by atoms with Crippen molar-refractivity contribution in [2.75, 3.05) is 0 Å². The van der Waals surface area contributed by atoms with Crippen LogP contribution >= 0.6 is 0 Å². The molecule has 7 heteroatoms. The summed E-state index contributed by atoms with van der Waals surface area (Å²) in [5.41, 5.74) is 3.27. The summed E-state index contributed by atoms with van der Waals surface area (Å²) in [6, 6.07) is 11.4. The predicted molar refractivity (Wildman–Crippen MR) is 126 cm³/mol. The smallest absolute Gasteiger partial charge is 0.343 e. The molecule has 3 aromatic rings. The highest BCUT2D eigenvalue weighted by atomic mass is 28.3. The zero-order valence-electron chi connectivity index (χ0n) is 19.0. The minimum absolute atomic E-state index is 0.109. The summed E-state index contributed by atoms with van der Waals surface area (Å²) < 4.78 is 6.83. The van der Waals surface area contributed by atoms with E-state index in [2.05, 4.69) is 31.8 Å². The molecule has 166 valence electrons. The van der Waals surface area contributed by atoms with Crippen molar-refractivity contribution in [2.24, 2.45) is 0 Å². The molecule has 0 amide bonds. The topological polar surface area (TPSA) is 81.4 Å². The van der Waals surface area contributed by atoms with Gasteiger partial charge in [-0.3, -0.25) is 4.79 Å². The van der Waals surface area contributed by atoms with Crippen molar-refractivity contribution >= 4 is 24.9 Å². The lowest BCUT2D eigenvalue weighted by atomic mass is 9.86. The number of aryl methyl sites for hydroxylation is 1. The Morgan fingerprint density at radius 1 is 1.22 bits per heavy atom. The van der Waals surface area contributed by atoms with E-state index in [1.807, 2.05) is 12.1 Å². The number of benzene rings is 1. The Hall–Kier alpha value is -2.77. The summed E-state index contributed by atoms with van der Waals surface area (Å²) in [7, 11) is -1.17. The second kappa shape index (κ2) is 7.12. The highest BCUT2D eigenvalue weighted by Crippen LogP contribution is 2.39. The van der Waals surface area contributed by atoms with E-state index in [1.165, 1.54) is 11.6 Å². The zero-order valence-corrected chi connectivity index (χ0v) is 20.0. The largest absolute Gasteiger partial charge is 0.458 e. The molecule has 5 rings (SSSR count). The fourth-order valence-electron chi connectivity index (χ4n) is 4.79. The number of hydrogen-bond donors (Lipinski definition) is 1. The molecule has 0 fully saturated rings. The number of aliphatic hydroxyl groups is 1. The highest BCUT2D eigenvalue weighted by molar-refractivity contribution is 6.76. The molecule has 2 aliphatic rings. The standard InChI is InChI=1S/C25H28N2O4Si/c1-5-25(30)19-12-21-22-16(13-27(21)23(28)18(19)14-31-24(25)29)11-17-15(9-10-32(2,3)4)7-6-8-20(17)26-22/h6-8,11-12,30H,5,9-10,13-14H2,1-4H3. The molecule has 1 unspecified atom stereocenters. The maximum absolute atomic E-state index is 13.3. The fraction of sp³-hybridized carbons (Fsp3) is 0.400. The Labute approximate surface area is 187 Å². The van der Waals surface area contributed by atoms with Gasteiger partial charge in [-0.2, -0.15) is 0 Å². The van der Waals surface area contributed by atoms with Gasteiger partial charge in [-0.15, -0.1) is 0 Å². The van der Waals surface area contributed by atoms with Gasteiger partial charge >= 0.3 is 5.97 Å². The zero-order chi connectivity index (χ0) is 22.8. The maximum atomic E-state index is 13.3. The van der Waals surface area contributed by atoms with E-state index < -0.39 is 19.6 Å². The predicted octanol–water partition coefficient (Wildman–Crippen LogP) is 3.96. The van der Waals surface area contributed by atoms with Crippen molar-refractivity contribution < 1.29 is 14.6 Å². The van der Waals surface area contributed by atoms with Crippen LogP contribution in [0.3, 0.4) is 0 Å². The number of aromatic nitrogens is 2. The van der Waals surface area contributed by atoms with Gasteiger partial charge in [0.25, 0.3) is 5.56 Å². The molecule has 1 N–H and O–H groups in total. The van der Waals surface area contributed by atoms with Crippen molar-refractivity contribution in [1.29, 1.82) is 0 Å². The molecule has 0 aliphatic carbocycles. The van der Waals surface area contributed by atoms with Crippen LogP contribution in [0.4, 0.5) is 0 Å². The average Bonchev–Trinajstić information content (AvgIpc) is 3.11. The highest BCUT2D eigenvalue weighted by Gasteiger charge is 2.45. The monoisotopic (exact) mass is 448 g/mol. The first-order valence-corrected chi connectivity index (χ1v) is 14.9. The third-order valence-corrected chi connectivity index (χ3v) is 8.54. The summed E-state index contributed by atoms with van der Waals surface area (Å²) >= 11 is 0. The molecule has 2 aromatic heterocycles. The van der Waals surface area contributed by atoms with Gasteiger partial charge in [-0.1, -0.05) is 44.7 Å². The number of pyridine rings is 2. The molecule has 2 aliphatic heterocycles. The second-order valence-corrected chi connectivity index (χ2v) is 15.8. The Balaban J connectivity index is 1.66. The van der Waals surface area contributed by atoms with Gasteiger partial charge in [0.2, 0.25) is 0 Å². The van der Waals surface area contributed by atoms with Gasteiger partial charge in [0, 0.05) is 24.6 Å². The number of hydrogen-bond acceptors (Lipinski definition) is 5. The van der Waals surface area contributed by atoms with E-state index in [1.54, 1.807) is 17.6 Å². The molecule has 0 radical (unpaired) electrons. The lowest BCUT2D eigenvalue weighted by Crippen LogP contribution is -2.44. The molecule has 6 nitrogen and oxygen atoms in total. The van der Waals surface area contributed by atoms with Crippen LogP contribution in [0.25, 0.3) is 22.3 Å². The van der Waals surface area contributed by atoms with Crippen LogP contribution in [-0.2, 0) is 34.7 Å². The lowest BCUT2D eigenvalue weighted by Gasteiger charge is -2.31. The minimum Gasteiger partial charge on any atom is -0.458 e. The second-order valence-electron chi connectivity index (χ2n) is 10.1. The van der Waals surface area contributed by atoms with Gasteiger partial charge in [0.05, 0.1) is 29.0 Å². The van der Waals surface area contributed by atoms with Crippen LogP contribution in [0, 0.1) is 0 Å². The molecule has 0 spiro atoms. The molecule has 0 saturated heterocycles. The number of nitrogens with zero attached hydrogens (tertiary/aromatic N) is 2. The maximum Gasteiger partial charge on any atom is 0.343 e. The number of esters is 1. The molecule has 32 heavy (non-hydrogen) atoms. The third kappa shape index (κ3) is 3.14. The first kappa shape index (κ1) is 21.1. The molecule has 1 aromatic carbocycles. The van der Waals surface area contributed by atoms with Crippen molar-refractivity contribution in [3.05, 3.63) is 62.9 Å². The average molecular weight is 449 g/mol. The van der Waals surface area contributed by atoms with Gasteiger partial charge in [-0.25, -0.2) is 9.78 Å². The van der Waals surface area contributed by atoms with Crippen molar-refractivity contribution in [2.45, 2.75) is 64.2 Å². The SMILES string of the molecule is CCC1(O)C(=O)OCc2c1cc1n(c2=O)Cc2cc3c(CC[Si](C)(C)C)cccc3nc2-1. The number of fused-ring (bicyclic) bond motifs is 5. The van der Waals surface area contributed by atoms with Crippen LogP contribution < -0.4 is 5.56 Å². The summed E-state index contributed by atoms with van der Waals surface area (Å²) in [5.74, 6) is -0.700. The quantitative estimate of drug-likeness (QED) is 0.378. The van der Waals surface area contributed by atoms with Crippen LogP contribution in [0.15, 0.2) is 35.1 Å². The molecule has 0 bridgehead atoms. The number of carbonyl (C=O) groups is 1. The number of carbonyl (C=O) groups excluding carboxylic acids is 1. The van der Waals surface area contributed by atoms with E-state index in [0.717, 1.165) is 28.6 Å². The summed E-state index contributed by atoms with van der Waals surface area (Å²) in [5, 5.41) is 12.1. The summed E-state index contributed by atoms with van der Waals surface area (Å²) in [6.45, 7) is 9.17. The molecule has 0 saturated carbocycles. The molecular formula is C25H28N2O4Si. The number of cyclic esters (lactones) is 1. The normalized spacial score (nSPS) is 19.5.